The van der Waals surface area contributed by atoms with E-state index in [2.05, 4.69) is 10.3 Å². The molecule has 0 aliphatic heterocycles. The third-order valence-electron chi connectivity index (χ3n) is 2.81. The van der Waals surface area contributed by atoms with Crippen LogP contribution in [0.1, 0.15) is 16.2 Å². The standard InChI is InChI=1S/C14H14Cl2N2O4/c1-8-13(18-7-22-8)14(20)17-5-9(19)6-21-11-4-2-3-10(15)12(11)16/h2-4,7,9,19H,5-6H2,1H3,(H,17,20). The van der Waals surface area contributed by atoms with Crippen LogP contribution in [-0.4, -0.2) is 35.3 Å². The van der Waals surface area contributed by atoms with E-state index in [1.807, 2.05) is 0 Å². The zero-order chi connectivity index (χ0) is 16.1. The first-order valence-corrected chi connectivity index (χ1v) is 7.17. The lowest BCUT2D eigenvalue weighted by Gasteiger charge is -2.14. The van der Waals surface area contributed by atoms with Crippen molar-refractivity contribution in [3.63, 3.8) is 0 Å². The fraction of sp³-hybridized carbons (Fsp3) is 0.286. The van der Waals surface area contributed by atoms with E-state index in [4.69, 9.17) is 32.4 Å². The number of aromatic nitrogens is 1. The normalized spacial score (nSPS) is 12.0. The first-order valence-electron chi connectivity index (χ1n) is 6.42. The summed E-state index contributed by atoms with van der Waals surface area (Å²) in [5.41, 5.74) is 0.186. The number of carbonyl (C=O) groups is 1. The lowest BCUT2D eigenvalue weighted by Crippen LogP contribution is -2.35. The van der Waals surface area contributed by atoms with Crippen molar-refractivity contribution in [3.8, 4) is 5.75 Å². The van der Waals surface area contributed by atoms with E-state index in [0.717, 1.165) is 0 Å². The largest absolute Gasteiger partial charge is 0.489 e. The van der Waals surface area contributed by atoms with Crippen LogP contribution >= 0.6 is 23.2 Å². The molecule has 8 heteroatoms. The van der Waals surface area contributed by atoms with E-state index in [1.54, 1.807) is 25.1 Å². The molecule has 6 nitrogen and oxygen atoms in total. The lowest BCUT2D eigenvalue weighted by molar-refractivity contribution is 0.0839. The molecular weight excluding hydrogens is 331 g/mol. The number of ether oxygens (including phenoxy) is 1. The predicted octanol–water partition coefficient (Wildman–Crippen LogP) is 2.46. The number of hydrogen-bond donors (Lipinski definition) is 2. The van der Waals surface area contributed by atoms with Gasteiger partial charge < -0.3 is 19.6 Å². The zero-order valence-electron chi connectivity index (χ0n) is 11.7. The van der Waals surface area contributed by atoms with Gasteiger partial charge in [0.25, 0.3) is 5.91 Å². The number of rotatable bonds is 6. The van der Waals surface area contributed by atoms with Gasteiger partial charge in [-0.2, -0.15) is 0 Å². The number of oxazole rings is 1. The second kappa shape index (κ2) is 7.49. The quantitative estimate of drug-likeness (QED) is 0.840. The molecule has 0 bridgehead atoms. The number of hydrogen-bond acceptors (Lipinski definition) is 5. The van der Waals surface area contributed by atoms with Crippen molar-refractivity contribution in [2.45, 2.75) is 13.0 Å². The number of aliphatic hydroxyl groups is 1. The summed E-state index contributed by atoms with van der Waals surface area (Å²) in [6, 6.07) is 4.96. The molecule has 0 saturated heterocycles. The summed E-state index contributed by atoms with van der Waals surface area (Å²) in [5, 5.41) is 13.0. The summed E-state index contributed by atoms with van der Waals surface area (Å²) in [4.78, 5) is 15.6. The fourth-order valence-corrected chi connectivity index (χ4v) is 2.00. The molecule has 1 aromatic heterocycles. The summed E-state index contributed by atoms with van der Waals surface area (Å²) < 4.78 is 10.3. The van der Waals surface area contributed by atoms with Crippen molar-refractivity contribution in [1.82, 2.24) is 10.3 Å². The Labute approximate surface area is 137 Å². The Hall–Kier alpha value is -1.76. The molecule has 1 unspecified atom stereocenters. The SMILES string of the molecule is Cc1ocnc1C(=O)NCC(O)COc1cccc(Cl)c1Cl. The van der Waals surface area contributed by atoms with Crippen molar-refractivity contribution in [1.29, 1.82) is 0 Å². The summed E-state index contributed by atoms with van der Waals surface area (Å²) in [6.07, 6.45) is 0.275. The van der Waals surface area contributed by atoms with E-state index < -0.39 is 12.0 Å². The van der Waals surface area contributed by atoms with Crippen molar-refractivity contribution < 1.29 is 19.1 Å². The molecule has 22 heavy (non-hydrogen) atoms. The highest BCUT2D eigenvalue weighted by Gasteiger charge is 2.15. The minimum Gasteiger partial charge on any atom is -0.489 e. The van der Waals surface area contributed by atoms with E-state index in [0.29, 0.717) is 16.5 Å². The maximum absolute atomic E-state index is 11.8. The minimum atomic E-state index is -0.911. The predicted molar refractivity (Wildman–Crippen MR) is 81.5 cm³/mol. The second-order valence-electron chi connectivity index (χ2n) is 4.48. The van der Waals surface area contributed by atoms with Crippen LogP contribution in [0.2, 0.25) is 10.0 Å². The smallest absolute Gasteiger partial charge is 0.273 e. The Morgan fingerprint density at radius 3 is 2.95 bits per heavy atom. The second-order valence-corrected chi connectivity index (χ2v) is 5.27. The van der Waals surface area contributed by atoms with E-state index in [1.165, 1.54) is 6.39 Å². The minimum absolute atomic E-state index is 0.00329. The topological polar surface area (TPSA) is 84.6 Å². The van der Waals surface area contributed by atoms with Gasteiger partial charge >= 0.3 is 0 Å². The fourth-order valence-electron chi connectivity index (χ4n) is 1.66. The lowest BCUT2D eigenvalue weighted by atomic mass is 10.3. The Balaban J connectivity index is 1.81. The van der Waals surface area contributed by atoms with Crippen molar-refractivity contribution >= 4 is 29.1 Å². The third kappa shape index (κ3) is 4.13. The number of benzene rings is 1. The highest BCUT2D eigenvalue weighted by atomic mass is 35.5. The molecule has 0 spiro atoms. The van der Waals surface area contributed by atoms with Gasteiger partial charge in [0.2, 0.25) is 0 Å². The highest BCUT2D eigenvalue weighted by Crippen LogP contribution is 2.31. The van der Waals surface area contributed by atoms with E-state index >= 15 is 0 Å². The van der Waals surface area contributed by atoms with Crippen LogP contribution in [0.3, 0.4) is 0 Å². The van der Waals surface area contributed by atoms with E-state index in [-0.39, 0.29) is 23.9 Å². The van der Waals surface area contributed by atoms with Crippen molar-refractivity contribution in [3.05, 3.63) is 46.1 Å². The Morgan fingerprint density at radius 1 is 1.50 bits per heavy atom. The Kier molecular flexibility index (Phi) is 5.65. The van der Waals surface area contributed by atoms with Gasteiger partial charge in [0.15, 0.2) is 12.1 Å². The van der Waals surface area contributed by atoms with E-state index in [9.17, 15) is 9.90 Å². The molecule has 0 radical (unpaired) electrons. The van der Waals surface area contributed by atoms with Gasteiger partial charge in [-0.25, -0.2) is 4.98 Å². The van der Waals surface area contributed by atoms with Gasteiger partial charge in [-0.1, -0.05) is 29.3 Å². The van der Waals surface area contributed by atoms with Crippen LogP contribution in [0, 0.1) is 6.92 Å². The van der Waals surface area contributed by atoms with Crippen LogP contribution in [0.25, 0.3) is 0 Å². The van der Waals surface area contributed by atoms with Gasteiger partial charge in [-0.15, -0.1) is 0 Å². The molecule has 0 aliphatic carbocycles. The molecule has 2 N–H and O–H groups in total. The summed E-state index contributed by atoms with van der Waals surface area (Å²) in [6.45, 7) is 1.59. The summed E-state index contributed by atoms with van der Waals surface area (Å²) in [5.74, 6) is 0.354. The zero-order valence-corrected chi connectivity index (χ0v) is 13.2. The van der Waals surface area contributed by atoms with Gasteiger partial charge in [0.1, 0.15) is 29.2 Å². The van der Waals surface area contributed by atoms with Crippen LogP contribution in [0.5, 0.6) is 5.75 Å². The number of amides is 1. The van der Waals surface area contributed by atoms with Gasteiger partial charge in [0.05, 0.1) is 5.02 Å². The molecule has 0 saturated carbocycles. The summed E-state index contributed by atoms with van der Waals surface area (Å²) >= 11 is 11.8. The van der Waals surface area contributed by atoms with Crippen LogP contribution in [0.15, 0.2) is 29.0 Å². The number of nitrogens with one attached hydrogen (secondary N) is 1. The molecule has 118 valence electrons. The van der Waals surface area contributed by atoms with Crippen LogP contribution in [0.4, 0.5) is 0 Å². The first-order chi connectivity index (χ1) is 10.5. The van der Waals surface area contributed by atoms with Gasteiger partial charge in [-0.3, -0.25) is 4.79 Å². The molecule has 0 fully saturated rings. The molecule has 1 aromatic carbocycles. The highest BCUT2D eigenvalue weighted by molar-refractivity contribution is 6.42. The molecule has 2 rings (SSSR count). The molecule has 0 aliphatic rings. The first kappa shape index (κ1) is 16.6. The number of halogens is 2. The Morgan fingerprint density at radius 2 is 2.27 bits per heavy atom. The number of aryl methyl sites for hydroxylation is 1. The van der Waals surface area contributed by atoms with Crippen molar-refractivity contribution in [2.75, 3.05) is 13.2 Å². The number of carbonyl (C=O) groups excluding carboxylic acids is 1. The maximum atomic E-state index is 11.8. The number of nitrogens with zero attached hydrogens (tertiary/aromatic N) is 1. The molecule has 2 aromatic rings. The van der Waals surface area contributed by atoms with Crippen LogP contribution < -0.4 is 10.1 Å². The summed E-state index contributed by atoms with van der Waals surface area (Å²) in [7, 11) is 0. The average Bonchev–Trinajstić information content (AvgIpc) is 2.92. The maximum Gasteiger partial charge on any atom is 0.273 e. The van der Waals surface area contributed by atoms with Gasteiger partial charge in [-0.05, 0) is 19.1 Å². The average molecular weight is 345 g/mol. The monoisotopic (exact) mass is 344 g/mol. The van der Waals surface area contributed by atoms with Crippen LogP contribution in [-0.2, 0) is 0 Å². The Bertz CT molecular complexity index is 660. The molecule has 1 amide bonds. The van der Waals surface area contributed by atoms with Gasteiger partial charge in [0, 0.05) is 6.54 Å². The van der Waals surface area contributed by atoms with Crippen molar-refractivity contribution in [2.24, 2.45) is 0 Å². The molecular formula is C14H14Cl2N2O4. The molecule has 1 atom stereocenters. The third-order valence-corrected chi connectivity index (χ3v) is 3.61. The molecule has 1 heterocycles. The number of aliphatic hydroxyl groups excluding tert-OH is 1.